The average molecular weight is 196 g/mol. The van der Waals surface area contributed by atoms with Crippen molar-refractivity contribution in [3.63, 3.8) is 0 Å². The third kappa shape index (κ3) is 7.77. The summed E-state index contributed by atoms with van der Waals surface area (Å²) in [6, 6.07) is 0. The van der Waals surface area contributed by atoms with Crippen LogP contribution in [-0.2, 0) is 9.47 Å². The van der Waals surface area contributed by atoms with Gasteiger partial charge in [-0.2, -0.15) is 0 Å². The fraction of sp³-hybridized carbons (Fsp3) is 0.500. The lowest BCUT2D eigenvalue weighted by Crippen LogP contribution is -2.08. The molecule has 0 amide bonds. The smallest absolute Gasteiger partial charge is 0.176 e. The lowest BCUT2D eigenvalue weighted by molar-refractivity contribution is -0.0666. The Morgan fingerprint density at radius 3 is 2.29 bits per heavy atom. The molecule has 0 radical (unpaired) electrons. The second kappa shape index (κ2) is 10.2. The van der Waals surface area contributed by atoms with Crippen molar-refractivity contribution in [1.29, 1.82) is 0 Å². The summed E-state index contributed by atoms with van der Waals surface area (Å²) in [7, 11) is 3.23. The second-order valence-electron chi connectivity index (χ2n) is 2.77. The molecule has 0 fully saturated rings. The Bertz CT molecular complexity index is 188. The number of rotatable bonds is 7. The summed E-state index contributed by atoms with van der Waals surface area (Å²) in [5, 5.41) is 0. The second-order valence-corrected chi connectivity index (χ2v) is 2.77. The van der Waals surface area contributed by atoms with Gasteiger partial charge in [0.15, 0.2) is 6.29 Å². The summed E-state index contributed by atoms with van der Waals surface area (Å²) in [6.45, 7) is 2.13. The fourth-order valence-corrected chi connectivity index (χ4v) is 0.907. The first-order chi connectivity index (χ1) is 6.85. The molecule has 0 N–H and O–H groups in total. The van der Waals surface area contributed by atoms with Gasteiger partial charge in [0.25, 0.3) is 0 Å². The van der Waals surface area contributed by atoms with Crippen LogP contribution in [0.5, 0.6) is 0 Å². The largest absolute Gasteiger partial charge is 0.352 e. The molecule has 2 nitrogen and oxygen atoms in total. The molecule has 0 aliphatic heterocycles. The molecule has 0 unspecified atom stereocenters. The normalized spacial score (nSPS) is 12.9. The summed E-state index contributed by atoms with van der Waals surface area (Å²) < 4.78 is 9.98. The molecule has 80 valence electrons. The van der Waals surface area contributed by atoms with Crippen LogP contribution in [0.25, 0.3) is 0 Å². The third-order valence-corrected chi connectivity index (χ3v) is 1.65. The van der Waals surface area contributed by atoms with E-state index in [1.807, 2.05) is 18.2 Å². The van der Waals surface area contributed by atoms with Crippen LogP contribution in [0.2, 0.25) is 0 Å². The van der Waals surface area contributed by atoms with Crippen LogP contribution in [0.4, 0.5) is 0 Å². The minimum absolute atomic E-state index is 0.245. The van der Waals surface area contributed by atoms with Gasteiger partial charge in [-0.3, -0.25) is 0 Å². The molecule has 0 rings (SSSR count). The quantitative estimate of drug-likeness (QED) is 0.354. The van der Waals surface area contributed by atoms with Crippen LogP contribution in [0.15, 0.2) is 36.5 Å². The minimum atomic E-state index is -0.245. The highest BCUT2D eigenvalue weighted by molar-refractivity contribution is 5.05. The molecule has 2 heteroatoms. The van der Waals surface area contributed by atoms with Crippen LogP contribution in [0.1, 0.15) is 19.8 Å². The van der Waals surface area contributed by atoms with Gasteiger partial charge < -0.3 is 9.47 Å². The highest BCUT2D eigenvalue weighted by atomic mass is 16.7. The Hall–Kier alpha value is -0.860. The molecule has 0 bridgehead atoms. The summed E-state index contributed by atoms with van der Waals surface area (Å²) in [4.78, 5) is 0. The molecular formula is C12H20O2. The Morgan fingerprint density at radius 1 is 1.00 bits per heavy atom. The maximum Gasteiger partial charge on any atom is 0.176 e. The molecule has 0 aliphatic rings. The lowest BCUT2D eigenvalue weighted by atomic mass is 10.3. The highest BCUT2D eigenvalue weighted by Crippen LogP contribution is 1.94. The summed E-state index contributed by atoms with van der Waals surface area (Å²) >= 11 is 0. The van der Waals surface area contributed by atoms with Crippen LogP contribution >= 0.6 is 0 Å². The monoisotopic (exact) mass is 196 g/mol. The van der Waals surface area contributed by atoms with Crippen LogP contribution in [-0.4, -0.2) is 20.5 Å². The van der Waals surface area contributed by atoms with E-state index in [2.05, 4.69) is 25.2 Å². The number of hydrogen-bond donors (Lipinski definition) is 0. The maximum absolute atomic E-state index is 4.99. The Kier molecular flexibility index (Phi) is 9.59. The predicted molar refractivity (Wildman–Crippen MR) is 60.1 cm³/mol. The topological polar surface area (TPSA) is 18.5 Å². The van der Waals surface area contributed by atoms with E-state index in [0.717, 1.165) is 12.8 Å². The zero-order chi connectivity index (χ0) is 10.6. The van der Waals surface area contributed by atoms with Gasteiger partial charge in [0.05, 0.1) is 0 Å². The van der Waals surface area contributed by atoms with E-state index in [9.17, 15) is 0 Å². The standard InChI is InChI=1S/C12H20O2/c1-4-5-6-7-8-9-10-11-12(13-2)14-3/h5-6,8-12H,4,7H2,1-3H3/b6-5+,9-8+,11-10+. The first kappa shape index (κ1) is 13.1. The number of allylic oxidation sites excluding steroid dienone is 5. The zero-order valence-corrected chi connectivity index (χ0v) is 9.27. The molecule has 14 heavy (non-hydrogen) atoms. The summed E-state index contributed by atoms with van der Waals surface area (Å²) in [5.74, 6) is 0. The van der Waals surface area contributed by atoms with Crippen molar-refractivity contribution in [2.24, 2.45) is 0 Å². The van der Waals surface area contributed by atoms with Gasteiger partial charge in [0.1, 0.15) is 0 Å². The average Bonchev–Trinajstić information content (AvgIpc) is 2.22. The van der Waals surface area contributed by atoms with Gasteiger partial charge >= 0.3 is 0 Å². The highest BCUT2D eigenvalue weighted by Gasteiger charge is 1.94. The fourth-order valence-electron chi connectivity index (χ4n) is 0.907. The van der Waals surface area contributed by atoms with E-state index in [-0.39, 0.29) is 6.29 Å². The van der Waals surface area contributed by atoms with Crippen molar-refractivity contribution in [3.05, 3.63) is 36.5 Å². The predicted octanol–water partition coefficient (Wildman–Crippen LogP) is 3.07. The van der Waals surface area contributed by atoms with Crippen molar-refractivity contribution >= 4 is 0 Å². The molecule has 0 heterocycles. The van der Waals surface area contributed by atoms with Gasteiger partial charge in [0, 0.05) is 14.2 Å². The minimum Gasteiger partial charge on any atom is -0.352 e. The molecule has 0 aromatic carbocycles. The Morgan fingerprint density at radius 2 is 1.71 bits per heavy atom. The zero-order valence-electron chi connectivity index (χ0n) is 9.27. The molecule has 0 saturated heterocycles. The van der Waals surface area contributed by atoms with E-state index in [1.54, 1.807) is 14.2 Å². The van der Waals surface area contributed by atoms with Crippen molar-refractivity contribution in [3.8, 4) is 0 Å². The van der Waals surface area contributed by atoms with Crippen LogP contribution in [0, 0.1) is 0 Å². The van der Waals surface area contributed by atoms with Gasteiger partial charge in [-0.15, -0.1) is 0 Å². The first-order valence-electron chi connectivity index (χ1n) is 4.89. The van der Waals surface area contributed by atoms with Gasteiger partial charge in [0.2, 0.25) is 0 Å². The summed E-state index contributed by atoms with van der Waals surface area (Å²) in [5.41, 5.74) is 0. The first-order valence-corrected chi connectivity index (χ1v) is 4.89. The van der Waals surface area contributed by atoms with Gasteiger partial charge in [-0.05, 0) is 18.9 Å². The van der Waals surface area contributed by atoms with E-state index in [0.29, 0.717) is 0 Å². The van der Waals surface area contributed by atoms with Gasteiger partial charge in [-0.1, -0.05) is 37.3 Å². The van der Waals surface area contributed by atoms with Crippen molar-refractivity contribution in [1.82, 2.24) is 0 Å². The van der Waals surface area contributed by atoms with Crippen molar-refractivity contribution in [2.45, 2.75) is 26.1 Å². The number of methoxy groups -OCH3 is 2. The maximum atomic E-state index is 4.99. The molecule has 0 atom stereocenters. The van der Waals surface area contributed by atoms with E-state index in [4.69, 9.17) is 9.47 Å². The Balaban J connectivity index is 3.63. The number of ether oxygens (including phenoxy) is 2. The van der Waals surface area contributed by atoms with E-state index < -0.39 is 0 Å². The SMILES string of the molecule is CC/C=C/C/C=C/C=C/C(OC)OC. The molecule has 0 aliphatic carbocycles. The van der Waals surface area contributed by atoms with Gasteiger partial charge in [-0.25, -0.2) is 0 Å². The molecule has 0 aromatic rings. The molecule has 0 aromatic heterocycles. The molecular weight excluding hydrogens is 176 g/mol. The van der Waals surface area contributed by atoms with E-state index >= 15 is 0 Å². The summed E-state index contributed by atoms with van der Waals surface area (Å²) in [6.07, 6.45) is 14.0. The molecule has 0 saturated carbocycles. The van der Waals surface area contributed by atoms with Crippen LogP contribution in [0.3, 0.4) is 0 Å². The number of hydrogen-bond acceptors (Lipinski definition) is 2. The van der Waals surface area contributed by atoms with E-state index in [1.165, 1.54) is 0 Å². The van der Waals surface area contributed by atoms with Crippen molar-refractivity contribution in [2.75, 3.05) is 14.2 Å². The molecule has 0 spiro atoms. The Labute approximate surface area is 86.9 Å². The lowest BCUT2D eigenvalue weighted by Gasteiger charge is -2.06. The van der Waals surface area contributed by atoms with Crippen LogP contribution < -0.4 is 0 Å². The van der Waals surface area contributed by atoms with Crippen molar-refractivity contribution < 1.29 is 9.47 Å². The third-order valence-electron chi connectivity index (χ3n) is 1.65.